The molecule has 1 fully saturated rings. The first kappa shape index (κ1) is 29.1. The SMILES string of the molecule is CCCCCCCCCCCCCCCCOP(=O)(O)OC1CC[N+](CC)(CC)CC1. The highest BCUT2D eigenvalue weighted by molar-refractivity contribution is 7.47. The number of piperidine rings is 1. The first-order valence-electron chi connectivity index (χ1n) is 13.5. The van der Waals surface area contributed by atoms with Crippen LogP contribution in [0.4, 0.5) is 0 Å². The Morgan fingerprint density at radius 3 is 1.58 bits per heavy atom. The van der Waals surface area contributed by atoms with Crippen molar-refractivity contribution in [1.29, 1.82) is 0 Å². The molecule has 0 amide bonds. The zero-order valence-corrected chi connectivity index (χ0v) is 21.9. The third kappa shape index (κ3) is 14.0. The summed E-state index contributed by atoms with van der Waals surface area (Å²) >= 11 is 0. The molecule has 0 aromatic rings. The molecular weight excluding hydrogens is 409 g/mol. The number of phosphoric ester groups is 1. The van der Waals surface area contributed by atoms with E-state index in [-0.39, 0.29) is 6.10 Å². The van der Waals surface area contributed by atoms with Gasteiger partial charge in [0.1, 0.15) is 0 Å². The fraction of sp³-hybridized carbons (Fsp3) is 1.00. The first-order chi connectivity index (χ1) is 15.0. The molecular formula is C25H53NO4P+. The molecule has 0 aliphatic carbocycles. The van der Waals surface area contributed by atoms with Crippen LogP contribution in [0.2, 0.25) is 0 Å². The van der Waals surface area contributed by atoms with Crippen LogP contribution in [0, 0.1) is 0 Å². The maximum absolute atomic E-state index is 12.2. The van der Waals surface area contributed by atoms with Gasteiger partial charge in [-0.2, -0.15) is 0 Å². The zero-order chi connectivity index (χ0) is 22.8. The predicted octanol–water partition coefficient (Wildman–Crippen LogP) is 7.62. The van der Waals surface area contributed by atoms with Crippen molar-refractivity contribution in [3.8, 4) is 0 Å². The molecule has 186 valence electrons. The molecule has 0 saturated carbocycles. The van der Waals surface area contributed by atoms with Gasteiger partial charge in [0.05, 0.1) is 38.9 Å². The van der Waals surface area contributed by atoms with Crippen molar-refractivity contribution in [3.63, 3.8) is 0 Å². The summed E-state index contributed by atoms with van der Waals surface area (Å²) in [5.74, 6) is 0. The smallest absolute Gasteiger partial charge is 0.324 e. The summed E-state index contributed by atoms with van der Waals surface area (Å²) in [6, 6.07) is 0. The van der Waals surface area contributed by atoms with Crippen LogP contribution in [-0.4, -0.2) is 48.3 Å². The number of unbranched alkanes of at least 4 members (excludes halogenated alkanes) is 13. The molecule has 31 heavy (non-hydrogen) atoms. The van der Waals surface area contributed by atoms with Gasteiger partial charge in [-0.1, -0.05) is 90.4 Å². The predicted molar refractivity (Wildman–Crippen MR) is 131 cm³/mol. The minimum atomic E-state index is -3.91. The number of hydrogen-bond donors (Lipinski definition) is 1. The second-order valence-corrected chi connectivity index (χ2v) is 11.0. The molecule has 1 N–H and O–H groups in total. The quantitative estimate of drug-likeness (QED) is 0.115. The summed E-state index contributed by atoms with van der Waals surface area (Å²) < 4.78 is 24.0. The van der Waals surface area contributed by atoms with Gasteiger partial charge in [0, 0.05) is 12.8 Å². The lowest BCUT2D eigenvalue weighted by Crippen LogP contribution is -2.53. The van der Waals surface area contributed by atoms with E-state index in [1.54, 1.807) is 0 Å². The summed E-state index contributed by atoms with van der Waals surface area (Å²) in [4.78, 5) is 10.0. The number of nitrogens with zero attached hydrogens (tertiary/aromatic N) is 1. The monoisotopic (exact) mass is 462 g/mol. The second-order valence-electron chi connectivity index (χ2n) is 9.62. The van der Waals surface area contributed by atoms with Crippen LogP contribution in [0.15, 0.2) is 0 Å². The van der Waals surface area contributed by atoms with Gasteiger partial charge >= 0.3 is 7.82 Å². The van der Waals surface area contributed by atoms with Crippen LogP contribution in [0.3, 0.4) is 0 Å². The van der Waals surface area contributed by atoms with Crippen molar-refractivity contribution in [2.75, 3.05) is 32.8 Å². The topological polar surface area (TPSA) is 55.8 Å². The molecule has 1 atom stereocenters. The Hall–Kier alpha value is 0.0700. The molecule has 1 saturated heterocycles. The Labute approximate surface area is 193 Å². The molecule has 1 rings (SSSR count). The molecule has 0 aromatic carbocycles. The lowest BCUT2D eigenvalue weighted by atomic mass is 10.0. The van der Waals surface area contributed by atoms with Crippen molar-refractivity contribution >= 4 is 7.82 Å². The molecule has 5 nitrogen and oxygen atoms in total. The highest BCUT2D eigenvalue weighted by Crippen LogP contribution is 2.46. The van der Waals surface area contributed by atoms with Gasteiger partial charge in [-0.25, -0.2) is 4.57 Å². The minimum absolute atomic E-state index is 0.142. The van der Waals surface area contributed by atoms with Gasteiger partial charge in [0.15, 0.2) is 0 Å². The van der Waals surface area contributed by atoms with Crippen LogP contribution >= 0.6 is 7.82 Å². The van der Waals surface area contributed by atoms with E-state index in [2.05, 4.69) is 20.8 Å². The molecule has 0 radical (unpaired) electrons. The van der Waals surface area contributed by atoms with Gasteiger partial charge in [-0.3, -0.25) is 9.05 Å². The Kier molecular flexibility index (Phi) is 16.5. The summed E-state index contributed by atoms with van der Waals surface area (Å²) in [5, 5.41) is 0. The zero-order valence-electron chi connectivity index (χ0n) is 21.0. The fourth-order valence-electron chi connectivity index (χ4n) is 4.75. The first-order valence-corrected chi connectivity index (χ1v) is 15.0. The average Bonchev–Trinajstić information content (AvgIpc) is 2.77. The molecule has 0 spiro atoms. The lowest BCUT2D eigenvalue weighted by molar-refractivity contribution is -0.930. The largest absolute Gasteiger partial charge is 0.472 e. The second kappa shape index (κ2) is 17.5. The average molecular weight is 463 g/mol. The molecule has 1 unspecified atom stereocenters. The molecule has 0 aromatic heterocycles. The van der Waals surface area contributed by atoms with Crippen molar-refractivity contribution in [3.05, 3.63) is 0 Å². The van der Waals surface area contributed by atoms with Crippen molar-refractivity contribution in [2.45, 2.75) is 130 Å². The molecule has 1 aliphatic rings. The van der Waals surface area contributed by atoms with Crippen LogP contribution in [0.25, 0.3) is 0 Å². The van der Waals surface area contributed by atoms with Gasteiger partial charge in [-0.15, -0.1) is 0 Å². The molecule has 0 bridgehead atoms. The minimum Gasteiger partial charge on any atom is -0.324 e. The third-order valence-corrected chi connectivity index (χ3v) is 8.30. The summed E-state index contributed by atoms with van der Waals surface area (Å²) in [7, 11) is -3.91. The summed E-state index contributed by atoms with van der Waals surface area (Å²) in [6.07, 6.45) is 19.7. The third-order valence-electron chi connectivity index (χ3n) is 7.23. The molecule has 1 aliphatic heterocycles. The van der Waals surface area contributed by atoms with Crippen molar-refractivity contribution < 1.29 is 23.0 Å². The van der Waals surface area contributed by atoms with Gasteiger partial charge in [0.25, 0.3) is 0 Å². The summed E-state index contributed by atoms with van der Waals surface area (Å²) in [6.45, 7) is 11.3. The number of quaternary nitrogens is 1. The fourth-order valence-corrected chi connectivity index (χ4v) is 5.76. The number of hydrogen-bond acceptors (Lipinski definition) is 3. The van der Waals surface area contributed by atoms with E-state index in [0.29, 0.717) is 6.61 Å². The Morgan fingerprint density at radius 2 is 1.16 bits per heavy atom. The van der Waals surface area contributed by atoms with Gasteiger partial charge < -0.3 is 9.38 Å². The van der Waals surface area contributed by atoms with E-state index in [1.807, 2.05) is 0 Å². The van der Waals surface area contributed by atoms with Gasteiger partial charge in [-0.05, 0) is 20.3 Å². The number of likely N-dealkylation sites (tertiary alicyclic amines) is 1. The van der Waals surface area contributed by atoms with E-state index >= 15 is 0 Å². The van der Waals surface area contributed by atoms with E-state index in [1.165, 1.54) is 77.0 Å². The van der Waals surface area contributed by atoms with Crippen molar-refractivity contribution in [2.24, 2.45) is 0 Å². The van der Waals surface area contributed by atoms with E-state index in [9.17, 15) is 9.46 Å². The highest BCUT2D eigenvalue weighted by atomic mass is 31.2. The maximum Gasteiger partial charge on any atom is 0.472 e. The summed E-state index contributed by atoms with van der Waals surface area (Å²) in [5.41, 5.74) is 0. The maximum atomic E-state index is 12.2. The van der Waals surface area contributed by atoms with Crippen LogP contribution in [-0.2, 0) is 13.6 Å². The van der Waals surface area contributed by atoms with Crippen LogP contribution < -0.4 is 0 Å². The standard InChI is InChI=1S/C25H52NO4P/c1-4-7-8-9-10-11-12-13-14-15-16-17-18-19-24-29-31(27,28)30-25-20-22-26(5-2,6-3)23-21-25/h25H,4-24H2,1-3H3/p+1. The van der Waals surface area contributed by atoms with Gasteiger partial charge in [0.2, 0.25) is 0 Å². The Bertz CT molecular complexity index is 460. The lowest BCUT2D eigenvalue weighted by Gasteiger charge is -2.42. The Balaban J connectivity index is 1.93. The Morgan fingerprint density at radius 1 is 0.742 bits per heavy atom. The highest BCUT2D eigenvalue weighted by Gasteiger charge is 2.35. The van der Waals surface area contributed by atoms with E-state index < -0.39 is 7.82 Å². The normalized spacial score (nSPS) is 18.8. The van der Waals surface area contributed by atoms with Crippen molar-refractivity contribution in [1.82, 2.24) is 0 Å². The molecule has 1 heterocycles. The molecule has 6 heteroatoms. The van der Waals surface area contributed by atoms with E-state index in [4.69, 9.17) is 9.05 Å². The van der Waals surface area contributed by atoms with E-state index in [0.717, 1.165) is 56.3 Å². The number of phosphoric acid groups is 1. The van der Waals surface area contributed by atoms with Crippen LogP contribution in [0.5, 0.6) is 0 Å². The number of rotatable bonds is 20. The van der Waals surface area contributed by atoms with Crippen LogP contribution in [0.1, 0.15) is 124 Å².